The maximum Gasteiger partial charge on any atom is 0.196 e. The van der Waals surface area contributed by atoms with E-state index >= 15 is 0 Å². The molecular weight excluding hydrogens is 380 g/mol. The largest absolute Gasteiger partial charge is 0.549 e. The fourth-order valence-corrected chi connectivity index (χ4v) is 3.20. The van der Waals surface area contributed by atoms with Crippen LogP contribution in [0.25, 0.3) is 5.69 Å². The molecule has 8 nitrogen and oxygen atoms in total. The number of carbonyl (C=O) groups is 1. The van der Waals surface area contributed by atoms with Crippen molar-refractivity contribution >= 4 is 23.4 Å². The zero-order valence-corrected chi connectivity index (χ0v) is 16.2. The number of hydrogen-bond acceptors (Lipinski definition) is 8. The quantitative estimate of drug-likeness (QED) is 0.543. The highest BCUT2D eigenvalue weighted by molar-refractivity contribution is 7.99. The third-order valence-corrected chi connectivity index (χ3v) is 4.79. The van der Waals surface area contributed by atoms with Crippen LogP contribution in [0, 0.1) is 0 Å². The molecule has 0 aliphatic heterocycles. The van der Waals surface area contributed by atoms with Gasteiger partial charge in [-0.3, -0.25) is 4.57 Å². The summed E-state index contributed by atoms with van der Waals surface area (Å²) >= 11 is 1.06. The molecule has 0 aliphatic rings. The van der Waals surface area contributed by atoms with Gasteiger partial charge in [0.15, 0.2) is 11.0 Å². The molecule has 0 spiro atoms. The predicted octanol–water partition coefficient (Wildman–Crippen LogP) is 1.74. The third-order valence-electron chi connectivity index (χ3n) is 3.89. The molecular formula is C19H19N4O4S-. The van der Waals surface area contributed by atoms with Crippen molar-refractivity contribution in [3.8, 4) is 17.2 Å². The zero-order valence-electron chi connectivity index (χ0n) is 15.4. The van der Waals surface area contributed by atoms with Gasteiger partial charge in [0.1, 0.15) is 11.5 Å². The van der Waals surface area contributed by atoms with Gasteiger partial charge in [0.05, 0.1) is 26.7 Å². The normalized spacial score (nSPS) is 10.5. The van der Waals surface area contributed by atoms with E-state index in [2.05, 4.69) is 15.5 Å². The summed E-state index contributed by atoms with van der Waals surface area (Å²) in [5.41, 5.74) is 1.70. The highest BCUT2D eigenvalue weighted by atomic mass is 32.2. The summed E-state index contributed by atoms with van der Waals surface area (Å²) in [6.07, 6.45) is 0. The second-order valence-electron chi connectivity index (χ2n) is 5.67. The number of hydrogen-bond donors (Lipinski definition) is 1. The molecule has 9 heteroatoms. The number of aromatic nitrogens is 3. The molecule has 0 unspecified atom stereocenters. The number of carboxylic acid groups (broad SMARTS) is 1. The molecule has 1 aromatic heterocycles. The van der Waals surface area contributed by atoms with E-state index in [1.165, 1.54) is 0 Å². The summed E-state index contributed by atoms with van der Waals surface area (Å²) in [6, 6.07) is 14.9. The summed E-state index contributed by atoms with van der Waals surface area (Å²) in [7, 11) is 3.21. The fraction of sp³-hybridized carbons (Fsp3) is 0.211. The van der Waals surface area contributed by atoms with Crippen LogP contribution >= 0.6 is 11.8 Å². The number of nitrogens with zero attached hydrogens (tertiary/aromatic N) is 3. The van der Waals surface area contributed by atoms with Crippen LogP contribution in [0.4, 0.5) is 5.69 Å². The number of aliphatic carboxylic acids is 1. The van der Waals surface area contributed by atoms with Crippen molar-refractivity contribution < 1.29 is 19.4 Å². The summed E-state index contributed by atoms with van der Waals surface area (Å²) in [5.74, 6) is 0.765. The maximum atomic E-state index is 10.8. The van der Waals surface area contributed by atoms with Crippen LogP contribution in [0.1, 0.15) is 5.82 Å². The molecule has 0 fully saturated rings. The van der Waals surface area contributed by atoms with Crippen molar-refractivity contribution in [3.63, 3.8) is 0 Å². The molecule has 0 aliphatic carbocycles. The Kier molecular flexibility index (Phi) is 6.38. The first-order chi connectivity index (χ1) is 13.6. The first-order valence-electron chi connectivity index (χ1n) is 8.40. The average molecular weight is 399 g/mol. The first kappa shape index (κ1) is 19.6. The Bertz CT molecular complexity index is 926. The van der Waals surface area contributed by atoms with Crippen LogP contribution in [0.15, 0.2) is 53.7 Å². The standard InChI is InChI=1S/C19H20N4O4S/c1-26-15-7-3-13(4-8-15)20-11-17-21-22-19(28-12-18(24)25)23(17)14-5-9-16(27-2)10-6-14/h3-10,20H,11-12H2,1-2H3,(H,24,25)/p-1. The molecule has 2 aromatic carbocycles. The Labute approximate surface area is 166 Å². The van der Waals surface area contributed by atoms with Gasteiger partial charge in [0, 0.05) is 17.1 Å². The number of anilines is 1. The number of benzene rings is 2. The van der Waals surface area contributed by atoms with Crippen molar-refractivity contribution in [2.75, 3.05) is 25.3 Å². The number of nitrogens with one attached hydrogen (secondary N) is 1. The summed E-state index contributed by atoms with van der Waals surface area (Å²) in [6.45, 7) is 0.400. The van der Waals surface area contributed by atoms with E-state index in [1.54, 1.807) is 14.2 Å². The second-order valence-corrected chi connectivity index (χ2v) is 6.62. The lowest BCUT2D eigenvalue weighted by Gasteiger charge is -2.12. The van der Waals surface area contributed by atoms with Crippen LogP contribution in [0.3, 0.4) is 0 Å². The molecule has 0 radical (unpaired) electrons. The van der Waals surface area contributed by atoms with Crippen molar-refractivity contribution in [1.29, 1.82) is 0 Å². The lowest BCUT2D eigenvalue weighted by atomic mass is 10.3. The van der Waals surface area contributed by atoms with Crippen molar-refractivity contribution in [2.45, 2.75) is 11.7 Å². The van der Waals surface area contributed by atoms with E-state index in [1.807, 2.05) is 53.1 Å². The topological polar surface area (TPSA) is 101 Å². The van der Waals surface area contributed by atoms with Crippen molar-refractivity contribution in [2.24, 2.45) is 0 Å². The fourth-order valence-electron chi connectivity index (χ4n) is 2.51. The number of carboxylic acids is 1. The Hall–Kier alpha value is -3.20. The first-order valence-corrected chi connectivity index (χ1v) is 9.38. The van der Waals surface area contributed by atoms with Crippen molar-refractivity contribution in [1.82, 2.24) is 14.8 Å². The smallest absolute Gasteiger partial charge is 0.196 e. The molecule has 0 amide bonds. The SMILES string of the molecule is COc1ccc(NCc2nnc(SCC(=O)[O-])n2-c2ccc(OC)cc2)cc1. The van der Waals surface area contributed by atoms with Crippen LogP contribution < -0.4 is 19.9 Å². The van der Waals surface area contributed by atoms with Gasteiger partial charge in [0.2, 0.25) is 0 Å². The highest BCUT2D eigenvalue weighted by Crippen LogP contribution is 2.24. The van der Waals surface area contributed by atoms with Crippen LogP contribution in [-0.2, 0) is 11.3 Å². The Morgan fingerprint density at radius 2 is 1.64 bits per heavy atom. The third kappa shape index (κ3) is 4.74. The minimum Gasteiger partial charge on any atom is -0.549 e. The Balaban J connectivity index is 1.85. The maximum absolute atomic E-state index is 10.8. The van der Waals surface area contributed by atoms with E-state index in [-0.39, 0.29) is 5.75 Å². The average Bonchev–Trinajstić information content (AvgIpc) is 3.14. The van der Waals surface area contributed by atoms with Crippen LogP contribution in [-0.4, -0.2) is 40.7 Å². The molecule has 1 N–H and O–H groups in total. The van der Waals surface area contributed by atoms with E-state index in [0.29, 0.717) is 17.5 Å². The lowest BCUT2D eigenvalue weighted by Crippen LogP contribution is -2.24. The number of ether oxygens (including phenoxy) is 2. The van der Waals surface area contributed by atoms with E-state index < -0.39 is 5.97 Å². The van der Waals surface area contributed by atoms with E-state index in [9.17, 15) is 9.90 Å². The van der Waals surface area contributed by atoms with Crippen molar-refractivity contribution in [3.05, 3.63) is 54.4 Å². The van der Waals surface area contributed by atoms with Crippen LogP contribution in [0.2, 0.25) is 0 Å². The van der Waals surface area contributed by atoms with Gasteiger partial charge < -0.3 is 24.7 Å². The van der Waals surface area contributed by atoms with Gasteiger partial charge in [-0.1, -0.05) is 11.8 Å². The lowest BCUT2D eigenvalue weighted by molar-refractivity contribution is -0.301. The number of carbonyl (C=O) groups excluding carboxylic acids is 1. The minimum absolute atomic E-state index is 0.208. The molecule has 3 rings (SSSR count). The Morgan fingerprint density at radius 3 is 2.21 bits per heavy atom. The number of rotatable bonds is 9. The molecule has 0 bridgehead atoms. The molecule has 3 aromatic rings. The van der Waals surface area contributed by atoms with Crippen LogP contribution in [0.5, 0.6) is 11.5 Å². The Morgan fingerprint density at radius 1 is 1.04 bits per heavy atom. The minimum atomic E-state index is -1.16. The molecule has 0 atom stereocenters. The monoisotopic (exact) mass is 399 g/mol. The zero-order chi connectivity index (χ0) is 19.9. The molecule has 28 heavy (non-hydrogen) atoms. The molecule has 146 valence electrons. The van der Waals surface area contributed by atoms with Gasteiger partial charge in [-0.25, -0.2) is 0 Å². The summed E-state index contributed by atoms with van der Waals surface area (Å²) in [5, 5.41) is 23.0. The van der Waals surface area contributed by atoms with Gasteiger partial charge >= 0.3 is 0 Å². The number of thioether (sulfide) groups is 1. The van der Waals surface area contributed by atoms with Gasteiger partial charge in [0.25, 0.3) is 0 Å². The highest BCUT2D eigenvalue weighted by Gasteiger charge is 2.15. The van der Waals surface area contributed by atoms with E-state index in [0.717, 1.165) is 34.6 Å². The van der Waals surface area contributed by atoms with Gasteiger partial charge in [-0.05, 0) is 48.5 Å². The van der Waals surface area contributed by atoms with Gasteiger partial charge in [-0.15, -0.1) is 10.2 Å². The predicted molar refractivity (Wildman–Crippen MR) is 104 cm³/mol. The molecule has 0 saturated heterocycles. The number of methoxy groups -OCH3 is 2. The second kappa shape index (κ2) is 9.14. The molecule has 0 saturated carbocycles. The molecule has 1 heterocycles. The summed E-state index contributed by atoms with van der Waals surface area (Å²) < 4.78 is 12.2. The van der Waals surface area contributed by atoms with E-state index in [4.69, 9.17) is 9.47 Å². The summed E-state index contributed by atoms with van der Waals surface area (Å²) in [4.78, 5) is 10.8. The van der Waals surface area contributed by atoms with Gasteiger partial charge in [-0.2, -0.15) is 0 Å².